The number of hydrogen-bond donors (Lipinski definition) is 4. The van der Waals surface area contributed by atoms with E-state index < -0.39 is 24.4 Å². The number of methoxy groups -OCH3 is 4. The highest BCUT2D eigenvalue weighted by Gasteiger charge is 2.07. The molecule has 0 heterocycles. The van der Waals surface area contributed by atoms with Gasteiger partial charge in [0, 0.05) is 23.8 Å². The Hall–Kier alpha value is -3.44. The molecule has 4 N–H and O–H groups in total. The molecule has 12 heteroatoms. The Kier molecular flexibility index (Phi) is 16.4. The molecule has 0 saturated carbocycles. The van der Waals surface area contributed by atoms with E-state index in [1.165, 1.54) is 40.8 Å². The van der Waals surface area contributed by atoms with Crippen molar-refractivity contribution in [2.24, 2.45) is 0 Å². The summed E-state index contributed by atoms with van der Waals surface area (Å²) in [6.45, 7) is 0. The molecule has 32 heavy (non-hydrogen) atoms. The fourth-order valence-corrected chi connectivity index (χ4v) is 2.45. The minimum Gasteiger partial charge on any atom is -0.453 e. The summed E-state index contributed by atoms with van der Waals surface area (Å²) >= 11 is 0. The predicted molar refractivity (Wildman–Crippen MR) is 115 cm³/mol. The fourth-order valence-electron chi connectivity index (χ4n) is 2.45. The number of carbonyl (C=O) groups is 4. The number of ether oxygens (including phenoxy) is 4. The van der Waals surface area contributed by atoms with Gasteiger partial charge in [0.25, 0.3) is 0 Å². The van der Waals surface area contributed by atoms with E-state index in [0.717, 1.165) is 38.5 Å². The molecule has 0 aliphatic heterocycles. The molecular formula is C20H34N4O8. The lowest BCUT2D eigenvalue weighted by Gasteiger charge is -2.10. The van der Waals surface area contributed by atoms with Crippen LogP contribution in [-0.4, -0.2) is 52.8 Å². The molecule has 0 bridgehead atoms. The highest BCUT2D eigenvalue weighted by atomic mass is 16.5. The number of allylic oxidation sites excluding steroid dienone is 2. The lowest BCUT2D eigenvalue weighted by molar-refractivity contribution is 0.171. The molecule has 0 spiro atoms. The smallest absolute Gasteiger partial charge is 0.411 e. The standard InChI is InChI=1S/C20H34N4O8/c1-29-17(25)21-13-15(23-19(27)31-3)11-9-7-5-6-8-10-12-16(24-20(28)32-4)14-22-18(26)30-2/h13-14H,5-12H2,1-4H3,(H,21,25)(H,22,26)(H,23,27)(H,24,28)/b15-13-,16-14-. The van der Waals surface area contributed by atoms with Crippen LogP contribution < -0.4 is 21.3 Å². The minimum atomic E-state index is -0.633. The number of amides is 4. The van der Waals surface area contributed by atoms with Gasteiger partial charge in [-0.25, -0.2) is 19.2 Å². The summed E-state index contributed by atoms with van der Waals surface area (Å²) in [6.07, 6.45) is 6.76. The monoisotopic (exact) mass is 458 g/mol. The first-order valence-electron chi connectivity index (χ1n) is 10.1. The van der Waals surface area contributed by atoms with Gasteiger partial charge < -0.3 is 18.9 Å². The van der Waals surface area contributed by atoms with Crippen molar-refractivity contribution < 1.29 is 38.1 Å². The van der Waals surface area contributed by atoms with Gasteiger partial charge in [-0.05, 0) is 25.7 Å². The largest absolute Gasteiger partial charge is 0.453 e. The van der Waals surface area contributed by atoms with Gasteiger partial charge in [-0.2, -0.15) is 0 Å². The van der Waals surface area contributed by atoms with Crippen molar-refractivity contribution >= 4 is 24.4 Å². The Morgan fingerprint density at radius 2 is 0.844 bits per heavy atom. The van der Waals surface area contributed by atoms with Gasteiger partial charge in [-0.15, -0.1) is 0 Å². The summed E-state index contributed by atoms with van der Waals surface area (Å²) in [5.74, 6) is 0. The van der Waals surface area contributed by atoms with Gasteiger partial charge in [0.05, 0.1) is 28.4 Å². The third-order valence-electron chi connectivity index (χ3n) is 4.14. The Bertz CT molecular complexity index is 608. The molecule has 0 aromatic carbocycles. The number of hydrogen-bond acceptors (Lipinski definition) is 8. The summed E-state index contributed by atoms with van der Waals surface area (Å²) in [6, 6.07) is 0. The van der Waals surface area contributed by atoms with Crippen molar-refractivity contribution in [3.8, 4) is 0 Å². The summed E-state index contributed by atoms with van der Waals surface area (Å²) < 4.78 is 18.1. The van der Waals surface area contributed by atoms with Crippen LogP contribution in [-0.2, 0) is 18.9 Å². The topological polar surface area (TPSA) is 153 Å². The third-order valence-corrected chi connectivity index (χ3v) is 4.14. The molecule has 4 amide bonds. The Morgan fingerprint density at radius 3 is 1.16 bits per heavy atom. The molecule has 0 fully saturated rings. The van der Waals surface area contributed by atoms with E-state index in [9.17, 15) is 19.2 Å². The molecule has 0 aromatic heterocycles. The van der Waals surface area contributed by atoms with E-state index >= 15 is 0 Å². The Balaban J connectivity index is 4.26. The molecule has 0 rings (SSSR count). The van der Waals surface area contributed by atoms with Crippen molar-refractivity contribution in [3.63, 3.8) is 0 Å². The van der Waals surface area contributed by atoms with Crippen LogP contribution in [0.15, 0.2) is 23.8 Å². The summed E-state index contributed by atoms with van der Waals surface area (Å²) in [5.41, 5.74) is 1.04. The van der Waals surface area contributed by atoms with E-state index in [-0.39, 0.29) is 0 Å². The SMILES string of the molecule is COC(=O)N/C=C(/CCCCCCCC/C(=C/NC(=O)OC)NC(=O)OC)NC(=O)OC. The second kappa shape index (κ2) is 18.3. The zero-order valence-corrected chi connectivity index (χ0v) is 19.1. The van der Waals surface area contributed by atoms with Crippen molar-refractivity contribution in [1.82, 2.24) is 21.3 Å². The van der Waals surface area contributed by atoms with Gasteiger partial charge in [-0.3, -0.25) is 21.3 Å². The zero-order valence-electron chi connectivity index (χ0n) is 19.1. The van der Waals surface area contributed by atoms with E-state index in [0.29, 0.717) is 24.2 Å². The van der Waals surface area contributed by atoms with Crippen LogP contribution in [0.2, 0.25) is 0 Å². The fraction of sp³-hybridized carbons (Fsp3) is 0.600. The van der Waals surface area contributed by atoms with Gasteiger partial charge in [0.2, 0.25) is 0 Å². The van der Waals surface area contributed by atoms with Crippen LogP contribution in [0.4, 0.5) is 19.2 Å². The van der Waals surface area contributed by atoms with Gasteiger partial charge in [0.1, 0.15) is 0 Å². The van der Waals surface area contributed by atoms with Gasteiger partial charge in [0.15, 0.2) is 0 Å². The molecule has 12 nitrogen and oxygen atoms in total. The number of alkyl carbamates (subject to hydrolysis) is 4. The Labute approximate surface area is 188 Å². The lowest BCUT2D eigenvalue weighted by Crippen LogP contribution is -2.26. The number of carbonyl (C=O) groups excluding carboxylic acids is 4. The third kappa shape index (κ3) is 15.4. The molecule has 0 aliphatic rings. The van der Waals surface area contributed by atoms with Crippen LogP contribution in [0.25, 0.3) is 0 Å². The van der Waals surface area contributed by atoms with Crippen LogP contribution in [0, 0.1) is 0 Å². The maximum absolute atomic E-state index is 11.4. The number of rotatable bonds is 13. The molecule has 182 valence electrons. The quantitative estimate of drug-likeness (QED) is 0.242. The van der Waals surface area contributed by atoms with Crippen molar-refractivity contribution in [3.05, 3.63) is 23.8 Å². The van der Waals surface area contributed by atoms with Crippen LogP contribution >= 0.6 is 0 Å². The summed E-state index contributed by atoms with van der Waals surface area (Å²) in [7, 11) is 5.01. The minimum absolute atomic E-state index is 0.518. The first-order chi connectivity index (χ1) is 15.4. The normalized spacial score (nSPS) is 11.1. The van der Waals surface area contributed by atoms with Crippen LogP contribution in [0.1, 0.15) is 51.4 Å². The Morgan fingerprint density at radius 1 is 0.531 bits per heavy atom. The number of nitrogens with one attached hydrogen (secondary N) is 4. The molecule has 0 aliphatic carbocycles. The van der Waals surface area contributed by atoms with E-state index in [2.05, 4.69) is 40.2 Å². The first kappa shape index (κ1) is 28.6. The van der Waals surface area contributed by atoms with E-state index in [4.69, 9.17) is 0 Å². The van der Waals surface area contributed by atoms with E-state index in [1.807, 2.05) is 0 Å². The summed E-state index contributed by atoms with van der Waals surface area (Å²) in [5, 5.41) is 9.92. The van der Waals surface area contributed by atoms with Crippen molar-refractivity contribution in [1.29, 1.82) is 0 Å². The molecule has 0 saturated heterocycles. The predicted octanol–water partition coefficient (Wildman–Crippen LogP) is 3.21. The van der Waals surface area contributed by atoms with Crippen molar-refractivity contribution in [2.75, 3.05) is 28.4 Å². The van der Waals surface area contributed by atoms with Crippen LogP contribution in [0.3, 0.4) is 0 Å². The average Bonchev–Trinajstić information content (AvgIpc) is 2.80. The number of unbranched alkanes of at least 4 members (excludes halogenated alkanes) is 5. The van der Waals surface area contributed by atoms with Crippen LogP contribution in [0.5, 0.6) is 0 Å². The highest BCUT2D eigenvalue weighted by Crippen LogP contribution is 2.13. The maximum Gasteiger partial charge on any atom is 0.411 e. The molecule has 0 radical (unpaired) electrons. The summed E-state index contributed by atoms with van der Waals surface area (Å²) in [4.78, 5) is 45.2. The molecule has 0 atom stereocenters. The van der Waals surface area contributed by atoms with E-state index in [1.54, 1.807) is 0 Å². The van der Waals surface area contributed by atoms with Crippen molar-refractivity contribution in [2.45, 2.75) is 51.4 Å². The maximum atomic E-state index is 11.4. The second-order valence-corrected chi connectivity index (χ2v) is 6.47. The zero-order chi connectivity index (χ0) is 24.2. The van der Waals surface area contributed by atoms with Gasteiger partial charge >= 0.3 is 24.4 Å². The average molecular weight is 459 g/mol. The molecule has 0 aromatic rings. The second-order valence-electron chi connectivity index (χ2n) is 6.47. The first-order valence-corrected chi connectivity index (χ1v) is 10.1. The molecular weight excluding hydrogens is 424 g/mol. The van der Waals surface area contributed by atoms with Gasteiger partial charge in [-0.1, -0.05) is 25.7 Å². The molecule has 0 unspecified atom stereocenters. The lowest BCUT2D eigenvalue weighted by atomic mass is 10.1. The highest BCUT2D eigenvalue weighted by molar-refractivity contribution is 5.71.